The molecule has 1 heterocycles. The maximum Gasteiger partial charge on any atom is 0.335 e. The van der Waals surface area contributed by atoms with Crippen molar-refractivity contribution in [1.82, 2.24) is 0 Å². The normalized spacial score (nSPS) is 29.3. The minimum atomic E-state index is -1.82. The van der Waals surface area contributed by atoms with Crippen molar-refractivity contribution < 1.29 is 59.5 Å². The van der Waals surface area contributed by atoms with E-state index in [2.05, 4.69) is 0 Å². The summed E-state index contributed by atoms with van der Waals surface area (Å²) >= 11 is 0. The predicted molar refractivity (Wildman–Crippen MR) is 117 cm³/mol. The van der Waals surface area contributed by atoms with Crippen LogP contribution in [0.3, 0.4) is 0 Å². The lowest BCUT2D eigenvalue weighted by Gasteiger charge is -2.40. The number of phenolic OH excluding ortho intramolecular Hbond substituents is 2. The van der Waals surface area contributed by atoms with Gasteiger partial charge in [-0.1, -0.05) is 6.08 Å². The summed E-state index contributed by atoms with van der Waals surface area (Å²) in [4.78, 5) is 23.5. The van der Waals surface area contributed by atoms with Gasteiger partial charge in [0.05, 0.1) is 11.2 Å². The Hall–Kier alpha value is -2.90. The third-order valence-corrected chi connectivity index (χ3v) is 6.25. The number of ether oxygens (including phenoxy) is 3. The smallest absolute Gasteiger partial charge is 0.335 e. The third-order valence-electron chi connectivity index (χ3n) is 6.25. The Bertz CT molecular complexity index is 958. The van der Waals surface area contributed by atoms with Crippen LogP contribution in [0.5, 0.6) is 17.2 Å². The molecule has 2 aliphatic rings. The average molecular weight is 498 g/mol. The highest BCUT2D eigenvalue weighted by molar-refractivity contribution is 5.89. The molecule has 1 aliphatic heterocycles. The summed E-state index contributed by atoms with van der Waals surface area (Å²) in [6, 6.07) is 1.61. The second-order valence-corrected chi connectivity index (χ2v) is 9.23. The van der Waals surface area contributed by atoms with Crippen LogP contribution in [0.4, 0.5) is 0 Å². The van der Waals surface area contributed by atoms with Gasteiger partial charge in [-0.25, -0.2) is 9.59 Å². The lowest BCUT2D eigenvalue weighted by atomic mass is 9.79. The van der Waals surface area contributed by atoms with Crippen LogP contribution in [-0.4, -0.2) is 90.6 Å². The summed E-state index contributed by atoms with van der Waals surface area (Å²) in [5.74, 6) is -4.24. The van der Waals surface area contributed by atoms with Gasteiger partial charge in [0.2, 0.25) is 12.0 Å². The number of esters is 1. The van der Waals surface area contributed by atoms with Crippen molar-refractivity contribution in [3.8, 4) is 17.2 Å². The van der Waals surface area contributed by atoms with Crippen LogP contribution in [0.15, 0.2) is 23.8 Å². The highest BCUT2D eigenvalue weighted by atomic mass is 16.7. The first-order chi connectivity index (χ1) is 16.3. The Labute approximate surface area is 200 Å². The quantitative estimate of drug-likeness (QED) is 0.249. The van der Waals surface area contributed by atoms with Crippen LogP contribution in [0.1, 0.15) is 43.5 Å². The second kappa shape index (κ2) is 10.4. The van der Waals surface area contributed by atoms with E-state index in [-0.39, 0.29) is 5.92 Å². The number of rotatable bonds is 7. The lowest BCUT2D eigenvalue weighted by Crippen LogP contribution is -2.60. The number of allylic oxidation sites excluding steroid dienone is 1. The molecule has 0 saturated carbocycles. The fourth-order valence-corrected chi connectivity index (χ4v) is 4.02. The minimum absolute atomic E-state index is 0.00510. The molecule has 0 unspecified atom stereocenters. The van der Waals surface area contributed by atoms with E-state index in [9.17, 15) is 40.2 Å². The van der Waals surface area contributed by atoms with Gasteiger partial charge in [0.1, 0.15) is 31.0 Å². The van der Waals surface area contributed by atoms with Gasteiger partial charge in [0.25, 0.3) is 0 Å². The Kier molecular flexibility index (Phi) is 7.92. The number of carboxylic acids is 1. The molecule has 0 aromatic heterocycles. The molecular weight excluding hydrogens is 468 g/mol. The van der Waals surface area contributed by atoms with E-state index in [0.29, 0.717) is 24.8 Å². The molecule has 6 atom stereocenters. The summed E-state index contributed by atoms with van der Waals surface area (Å²) < 4.78 is 15.9. The molecule has 0 bridgehead atoms. The summed E-state index contributed by atoms with van der Waals surface area (Å²) in [5.41, 5.74) is -0.907. The van der Waals surface area contributed by atoms with E-state index in [4.69, 9.17) is 19.3 Å². The van der Waals surface area contributed by atoms with Crippen molar-refractivity contribution >= 4 is 11.9 Å². The van der Waals surface area contributed by atoms with Gasteiger partial charge in [-0.2, -0.15) is 0 Å². The van der Waals surface area contributed by atoms with Crippen molar-refractivity contribution in [3.63, 3.8) is 0 Å². The van der Waals surface area contributed by atoms with Crippen molar-refractivity contribution in [2.45, 2.75) is 69.4 Å². The van der Waals surface area contributed by atoms with Crippen LogP contribution >= 0.6 is 0 Å². The predicted octanol–water partition coefficient (Wildman–Crippen LogP) is 0.0230. The van der Waals surface area contributed by atoms with Gasteiger partial charge in [-0.05, 0) is 51.2 Å². The maximum absolute atomic E-state index is 12.5. The summed E-state index contributed by atoms with van der Waals surface area (Å²) in [6.07, 6.45) is -5.18. The van der Waals surface area contributed by atoms with E-state index in [0.717, 1.165) is 12.1 Å². The average Bonchev–Trinajstić information content (AvgIpc) is 2.79. The van der Waals surface area contributed by atoms with Gasteiger partial charge in [0, 0.05) is 5.57 Å². The van der Waals surface area contributed by atoms with Gasteiger partial charge in [-0.3, -0.25) is 0 Å². The molecule has 12 heteroatoms. The number of hydrogen-bond acceptors (Lipinski definition) is 11. The van der Waals surface area contributed by atoms with Crippen molar-refractivity contribution in [2.24, 2.45) is 5.92 Å². The zero-order valence-electron chi connectivity index (χ0n) is 19.2. The molecule has 1 saturated heterocycles. The Morgan fingerprint density at radius 2 is 1.71 bits per heavy atom. The number of carboxylic acid groups (broad SMARTS) is 1. The largest absolute Gasteiger partial charge is 0.504 e. The fourth-order valence-electron chi connectivity index (χ4n) is 4.02. The highest BCUT2D eigenvalue weighted by Crippen LogP contribution is 2.39. The van der Waals surface area contributed by atoms with Gasteiger partial charge < -0.3 is 50.0 Å². The minimum Gasteiger partial charge on any atom is -0.504 e. The first-order valence-corrected chi connectivity index (χ1v) is 11.0. The van der Waals surface area contributed by atoms with Crippen molar-refractivity contribution in [1.29, 1.82) is 0 Å². The Morgan fingerprint density at radius 3 is 2.23 bits per heavy atom. The van der Waals surface area contributed by atoms with Gasteiger partial charge in [-0.15, -0.1) is 0 Å². The second-order valence-electron chi connectivity index (χ2n) is 9.23. The Balaban J connectivity index is 1.66. The molecule has 0 amide bonds. The number of aromatic carboxylic acids is 1. The number of carbonyl (C=O) groups excluding carboxylic acids is 1. The number of phenols is 2. The standard InChI is InChI=1S/C23H30O12/c1-23(2,32)12-5-3-10(4-6-12)21(31)33-9-15-16(26)17(27)18(28)22(34-15)35-19-13(24)7-11(20(29)30)8-14(19)25/h3,7-8,12,15-18,22,24-28,32H,4-6,9H2,1-2H3,(H,29,30)/t12-,15-,16-,17+,18+,22+/m1/s1. The summed E-state index contributed by atoms with van der Waals surface area (Å²) in [7, 11) is 0. The molecule has 7 N–H and O–H groups in total. The Morgan fingerprint density at radius 1 is 1.09 bits per heavy atom. The first kappa shape index (κ1) is 26.7. The van der Waals surface area contributed by atoms with Crippen LogP contribution in [0.25, 0.3) is 0 Å². The van der Waals surface area contributed by atoms with Crippen LogP contribution in [-0.2, 0) is 14.3 Å². The van der Waals surface area contributed by atoms with Gasteiger partial charge >= 0.3 is 11.9 Å². The molecule has 3 rings (SSSR count). The van der Waals surface area contributed by atoms with Crippen LogP contribution in [0, 0.1) is 5.92 Å². The monoisotopic (exact) mass is 498 g/mol. The number of aromatic hydroxyl groups is 2. The maximum atomic E-state index is 12.5. The fraction of sp³-hybridized carbons (Fsp3) is 0.565. The molecule has 1 aromatic rings. The third kappa shape index (κ3) is 6.03. The van der Waals surface area contributed by atoms with E-state index >= 15 is 0 Å². The molecule has 1 fully saturated rings. The first-order valence-electron chi connectivity index (χ1n) is 11.0. The molecular formula is C23H30O12. The molecule has 12 nitrogen and oxygen atoms in total. The molecule has 1 aliphatic carbocycles. The molecule has 194 valence electrons. The highest BCUT2D eigenvalue weighted by Gasteiger charge is 2.46. The summed E-state index contributed by atoms with van der Waals surface area (Å²) in [6.45, 7) is 2.90. The molecule has 1 aromatic carbocycles. The van der Waals surface area contributed by atoms with Gasteiger partial charge in [0.15, 0.2) is 11.5 Å². The molecule has 35 heavy (non-hydrogen) atoms. The number of benzene rings is 1. The van der Waals surface area contributed by atoms with E-state index < -0.39 is 77.7 Å². The van der Waals surface area contributed by atoms with Crippen molar-refractivity contribution in [3.05, 3.63) is 29.3 Å². The number of aliphatic hydroxyl groups excluding tert-OH is 3. The van der Waals surface area contributed by atoms with Crippen LogP contribution < -0.4 is 4.74 Å². The van der Waals surface area contributed by atoms with E-state index in [1.807, 2.05) is 0 Å². The lowest BCUT2D eigenvalue weighted by molar-refractivity contribution is -0.278. The number of carbonyl (C=O) groups is 2. The summed E-state index contributed by atoms with van der Waals surface area (Å²) in [5, 5.41) is 69.8. The topological polar surface area (TPSA) is 203 Å². The van der Waals surface area contributed by atoms with Crippen molar-refractivity contribution in [2.75, 3.05) is 6.61 Å². The number of hydrogen-bond donors (Lipinski definition) is 7. The molecule has 0 radical (unpaired) electrons. The number of aliphatic hydroxyl groups is 4. The van der Waals surface area contributed by atoms with E-state index in [1.165, 1.54) is 0 Å². The van der Waals surface area contributed by atoms with Crippen LogP contribution in [0.2, 0.25) is 0 Å². The molecule has 0 spiro atoms. The zero-order chi connectivity index (χ0) is 26.1. The zero-order valence-corrected chi connectivity index (χ0v) is 19.2. The SMILES string of the molecule is CC(C)(O)[C@@H]1CC=C(C(=O)OC[C@H]2O[C@@H](Oc3c(O)cc(C(=O)O)cc3O)[C@@H](O)[C@@H](O)[C@@H]2O)CC1. The van der Waals surface area contributed by atoms with E-state index in [1.54, 1.807) is 19.9 Å².